The van der Waals surface area contributed by atoms with Gasteiger partial charge in [-0.05, 0) is 17.2 Å². The zero-order valence-electron chi connectivity index (χ0n) is 10.4. The maximum absolute atomic E-state index is 5.71. The van der Waals surface area contributed by atoms with E-state index in [1.807, 2.05) is 18.2 Å². The van der Waals surface area contributed by atoms with Crippen molar-refractivity contribution in [2.24, 2.45) is 0 Å². The zero-order chi connectivity index (χ0) is 12.4. The highest BCUT2D eigenvalue weighted by Crippen LogP contribution is 2.38. The Morgan fingerprint density at radius 3 is 2.67 bits per heavy atom. The van der Waals surface area contributed by atoms with Crippen molar-refractivity contribution in [1.82, 2.24) is 0 Å². The predicted molar refractivity (Wildman–Crippen MR) is 70.9 cm³/mol. The van der Waals surface area contributed by atoms with Gasteiger partial charge in [0.2, 0.25) is 0 Å². The maximum Gasteiger partial charge on any atom is 0.123 e. The van der Waals surface area contributed by atoms with E-state index in [2.05, 4.69) is 30.3 Å². The van der Waals surface area contributed by atoms with E-state index in [1.54, 1.807) is 7.11 Å². The van der Waals surface area contributed by atoms with Gasteiger partial charge in [-0.15, -0.1) is 0 Å². The first-order valence-electron chi connectivity index (χ1n) is 6.18. The van der Waals surface area contributed by atoms with Gasteiger partial charge in [0.25, 0.3) is 0 Å². The summed E-state index contributed by atoms with van der Waals surface area (Å²) in [6.07, 6.45) is 0. The van der Waals surface area contributed by atoms with Crippen LogP contribution >= 0.6 is 0 Å². The van der Waals surface area contributed by atoms with E-state index >= 15 is 0 Å². The Kier molecular flexibility index (Phi) is 3.03. The lowest BCUT2D eigenvalue weighted by Gasteiger charge is -2.27. The number of hydrogen-bond acceptors (Lipinski definition) is 2. The lowest BCUT2D eigenvalue weighted by atomic mass is 9.86. The van der Waals surface area contributed by atoms with E-state index in [0.717, 1.165) is 12.4 Å². The van der Waals surface area contributed by atoms with Crippen LogP contribution in [0.15, 0.2) is 48.5 Å². The van der Waals surface area contributed by atoms with Gasteiger partial charge in [0.15, 0.2) is 0 Å². The first-order chi connectivity index (χ1) is 8.90. The van der Waals surface area contributed by atoms with Gasteiger partial charge in [-0.1, -0.05) is 42.5 Å². The molecule has 0 saturated heterocycles. The summed E-state index contributed by atoms with van der Waals surface area (Å²) < 4.78 is 11.2. The minimum absolute atomic E-state index is 0.270. The van der Waals surface area contributed by atoms with Crippen molar-refractivity contribution >= 4 is 0 Å². The van der Waals surface area contributed by atoms with Crippen LogP contribution in [0.3, 0.4) is 0 Å². The summed E-state index contributed by atoms with van der Waals surface area (Å²) in [5.74, 6) is 1.23. The average molecular weight is 240 g/mol. The molecule has 0 aliphatic carbocycles. The molecule has 0 saturated carbocycles. The molecular weight excluding hydrogens is 224 g/mol. The van der Waals surface area contributed by atoms with Gasteiger partial charge in [-0.2, -0.15) is 0 Å². The molecule has 1 aliphatic heterocycles. The Morgan fingerprint density at radius 1 is 1.06 bits per heavy atom. The topological polar surface area (TPSA) is 18.5 Å². The number of fused-ring (bicyclic) bond motifs is 1. The van der Waals surface area contributed by atoms with Crippen LogP contribution in [0.4, 0.5) is 0 Å². The summed E-state index contributed by atoms with van der Waals surface area (Å²) in [6, 6.07) is 16.6. The fourth-order valence-corrected chi connectivity index (χ4v) is 2.61. The van der Waals surface area contributed by atoms with Crippen molar-refractivity contribution < 1.29 is 9.47 Å². The molecule has 0 spiro atoms. The molecule has 2 aromatic carbocycles. The monoisotopic (exact) mass is 240 g/mol. The molecule has 0 amide bonds. The average Bonchev–Trinajstić information content (AvgIpc) is 2.47. The van der Waals surface area contributed by atoms with E-state index < -0.39 is 0 Å². The maximum atomic E-state index is 5.71. The third-order valence-electron chi connectivity index (χ3n) is 3.47. The summed E-state index contributed by atoms with van der Waals surface area (Å²) in [6.45, 7) is 1.40. The first-order valence-corrected chi connectivity index (χ1v) is 6.18. The van der Waals surface area contributed by atoms with Crippen LogP contribution in [-0.2, 0) is 11.3 Å². The molecule has 2 aromatic rings. The molecule has 0 bridgehead atoms. The van der Waals surface area contributed by atoms with Gasteiger partial charge in [0.05, 0.1) is 20.3 Å². The smallest absolute Gasteiger partial charge is 0.123 e. The Bertz CT molecular complexity index is 520. The van der Waals surface area contributed by atoms with Gasteiger partial charge in [-0.25, -0.2) is 0 Å². The van der Waals surface area contributed by atoms with Gasteiger partial charge in [-0.3, -0.25) is 0 Å². The first kappa shape index (κ1) is 11.3. The third kappa shape index (κ3) is 1.89. The second-order valence-electron chi connectivity index (χ2n) is 4.51. The third-order valence-corrected chi connectivity index (χ3v) is 3.47. The normalized spacial score (nSPS) is 18.2. The highest BCUT2D eigenvalue weighted by molar-refractivity contribution is 5.48. The molecule has 0 radical (unpaired) electrons. The van der Waals surface area contributed by atoms with Gasteiger partial charge < -0.3 is 9.47 Å². The summed E-state index contributed by atoms with van der Waals surface area (Å²) in [5, 5.41) is 0. The molecule has 2 heteroatoms. The van der Waals surface area contributed by atoms with E-state index in [4.69, 9.17) is 9.47 Å². The molecule has 18 heavy (non-hydrogen) atoms. The van der Waals surface area contributed by atoms with Crippen LogP contribution in [0.2, 0.25) is 0 Å². The molecular formula is C16H16O2. The minimum Gasteiger partial charge on any atom is -0.496 e. The van der Waals surface area contributed by atoms with E-state index in [1.165, 1.54) is 16.7 Å². The number of benzene rings is 2. The fourth-order valence-electron chi connectivity index (χ4n) is 2.61. The number of hydrogen-bond donors (Lipinski definition) is 0. The van der Waals surface area contributed by atoms with Gasteiger partial charge >= 0.3 is 0 Å². The number of rotatable bonds is 2. The summed E-state index contributed by atoms with van der Waals surface area (Å²) >= 11 is 0. The predicted octanol–water partition coefficient (Wildman–Crippen LogP) is 3.36. The van der Waals surface area contributed by atoms with Crippen LogP contribution in [-0.4, -0.2) is 13.7 Å². The SMILES string of the molecule is COc1cccc2c1C(c1ccccc1)COC2. The lowest BCUT2D eigenvalue weighted by molar-refractivity contribution is 0.0981. The molecule has 0 aromatic heterocycles. The highest BCUT2D eigenvalue weighted by Gasteiger charge is 2.25. The van der Waals surface area contributed by atoms with Crippen molar-refractivity contribution in [3.05, 3.63) is 65.2 Å². The van der Waals surface area contributed by atoms with Crippen LogP contribution in [0.5, 0.6) is 5.75 Å². The molecule has 3 rings (SSSR count). The molecule has 1 unspecified atom stereocenters. The zero-order valence-corrected chi connectivity index (χ0v) is 10.4. The Morgan fingerprint density at radius 2 is 1.89 bits per heavy atom. The van der Waals surface area contributed by atoms with Crippen LogP contribution in [0.1, 0.15) is 22.6 Å². The summed E-state index contributed by atoms with van der Waals surface area (Å²) in [7, 11) is 1.73. The standard InChI is InChI=1S/C16H16O2/c1-17-15-9-5-8-13-10-18-11-14(16(13)15)12-6-3-2-4-7-12/h2-9,14H,10-11H2,1H3. The second-order valence-corrected chi connectivity index (χ2v) is 4.51. The molecule has 92 valence electrons. The van der Waals surface area contributed by atoms with E-state index in [-0.39, 0.29) is 5.92 Å². The Labute approximate surface area is 107 Å². The molecule has 1 heterocycles. The van der Waals surface area contributed by atoms with Crippen LogP contribution in [0.25, 0.3) is 0 Å². The largest absolute Gasteiger partial charge is 0.496 e. The van der Waals surface area contributed by atoms with Gasteiger partial charge in [0.1, 0.15) is 5.75 Å². The van der Waals surface area contributed by atoms with Gasteiger partial charge in [0, 0.05) is 11.5 Å². The van der Waals surface area contributed by atoms with Crippen molar-refractivity contribution in [3.63, 3.8) is 0 Å². The quantitative estimate of drug-likeness (QED) is 0.801. The van der Waals surface area contributed by atoms with Crippen LogP contribution < -0.4 is 4.74 Å². The van der Waals surface area contributed by atoms with Crippen molar-refractivity contribution in [2.75, 3.05) is 13.7 Å². The second kappa shape index (κ2) is 4.83. The van der Waals surface area contributed by atoms with Crippen molar-refractivity contribution in [1.29, 1.82) is 0 Å². The molecule has 0 N–H and O–H groups in total. The number of ether oxygens (including phenoxy) is 2. The Hall–Kier alpha value is -1.80. The van der Waals surface area contributed by atoms with Crippen molar-refractivity contribution in [3.8, 4) is 5.75 Å². The lowest BCUT2D eigenvalue weighted by Crippen LogP contribution is -2.18. The summed E-state index contributed by atoms with van der Waals surface area (Å²) in [5.41, 5.74) is 3.79. The number of methoxy groups -OCH3 is 1. The molecule has 0 fully saturated rings. The van der Waals surface area contributed by atoms with E-state index in [0.29, 0.717) is 6.61 Å². The molecule has 1 aliphatic rings. The fraction of sp³-hybridized carbons (Fsp3) is 0.250. The van der Waals surface area contributed by atoms with Crippen molar-refractivity contribution in [2.45, 2.75) is 12.5 Å². The minimum atomic E-state index is 0.270. The molecule has 2 nitrogen and oxygen atoms in total. The highest BCUT2D eigenvalue weighted by atomic mass is 16.5. The Balaban J connectivity index is 2.11. The summed E-state index contributed by atoms with van der Waals surface area (Å²) in [4.78, 5) is 0. The van der Waals surface area contributed by atoms with E-state index in [9.17, 15) is 0 Å². The molecule has 1 atom stereocenters. The van der Waals surface area contributed by atoms with Crippen LogP contribution in [0, 0.1) is 0 Å².